The summed E-state index contributed by atoms with van der Waals surface area (Å²) in [5.74, 6) is -0.0363. The van der Waals surface area contributed by atoms with Gasteiger partial charge in [0.1, 0.15) is 0 Å². The fourth-order valence-electron chi connectivity index (χ4n) is 8.74. The SMILES string of the molecule is CC/C=C\C/C=C\C/C=C\C/C=C\C/C=C\CCCCCCCCCCCC(=O)NC(CO)C(O)CCCCCCCCCCCCCCCCCCCCCCCCCCCCC. The minimum Gasteiger partial charge on any atom is -0.394 e. The first-order valence-electron chi connectivity index (χ1n) is 28.5. The van der Waals surface area contributed by atoms with Crippen LogP contribution in [0.3, 0.4) is 0 Å². The number of nitrogens with one attached hydrogen (secondary N) is 1. The first-order chi connectivity index (χ1) is 31.7. The van der Waals surface area contributed by atoms with E-state index in [0.29, 0.717) is 12.8 Å². The smallest absolute Gasteiger partial charge is 0.220 e. The van der Waals surface area contributed by atoms with E-state index in [4.69, 9.17) is 0 Å². The van der Waals surface area contributed by atoms with Crippen molar-refractivity contribution >= 4 is 5.91 Å². The maximum absolute atomic E-state index is 12.5. The van der Waals surface area contributed by atoms with Crippen molar-refractivity contribution in [3.8, 4) is 0 Å². The van der Waals surface area contributed by atoms with E-state index in [9.17, 15) is 15.0 Å². The van der Waals surface area contributed by atoms with Crippen LogP contribution < -0.4 is 5.32 Å². The zero-order valence-corrected chi connectivity index (χ0v) is 43.1. The Kier molecular flexibility index (Phi) is 53.8. The molecule has 0 saturated carbocycles. The molecule has 0 heterocycles. The van der Waals surface area contributed by atoms with Crippen molar-refractivity contribution in [1.82, 2.24) is 5.32 Å². The van der Waals surface area contributed by atoms with Gasteiger partial charge in [0.05, 0.1) is 18.8 Å². The minimum atomic E-state index is -0.666. The lowest BCUT2D eigenvalue weighted by Crippen LogP contribution is -2.45. The third kappa shape index (κ3) is 51.1. The van der Waals surface area contributed by atoms with Crippen LogP contribution in [0, 0.1) is 0 Å². The second-order valence-corrected chi connectivity index (χ2v) is 19.3. The van der Waals surface area contributed by atoms with Gasteiger partial charge in [-0.05, 0) is 57.8 Å². The molecule has 4 nitrogen and oxygen atoms in total. The molecule has 2 unspecified atom stereocenters. The summed E-state index contributed by atoms with van der Waals surface area (Å²) in [5.41, 5.74) is 0. The predicted octanol–water partition coefficient (Wildman–Crippen LogP) is 18.8. The van der Waals surface area contributed by atoms with E-state index in [1.54, 1.807) is 0 Å². The highest BCUT2D eigenvalue weighted by Gasteiger charge is 2.20. The zero-order chi connectivity index (χ0) is 46.3. The quantitative estimate of drug-likeness (QED) is 0.0421. The molecule has 0 radical (unpaired) electrons. The average Bonchev–Trinajstić information content (AvgIpc) is 3.30. The Balaban J connectivity index is 3.48. The first-order valence-corrected chi connectivity index (χ1v) is 28.5. The van der Waals surface area contributed by atoms with Gasteiger partial charge in [-0.2, -0.15) is 0 Å². The van der Waals surface area contributed by atoms with Gasteiger partial charge in [-0.25, -0.2) is 0 Å². The molecule has 0 aliphatic carbocycles. The standard InChI is InChI=1S/C60H111NO3/c1-3-5-7-9-11-13-15-17-19-21-23-25-27-29-30-32-33-35-37-39-41-43-45-47-49-51-53-55-59(63)58(57-62)61-60(64)56-54-52-50-48-46-44-42-40-38-36-34-31-28-26-24-22-20-18-16-14-12-10-8-6-4-2/h6,8,12,14,18,20,24,26,31,34,58-59,62-63H,3-5,7,9-11,13,15-17,19,21-23,25,27-30,32-33,35-57H2,1-2H3,(H,61,64)/b8-6-,14-12-,20-18-,26-24-,34-31-. The number of hydrogen-bond donors (Lipinski definition) is 3. The molecule has 3 N–H and O–H groups in total. The van der Waals surface area contributed by atoms with Gasteiger partial charge in [-0.3, -0.25) is 4.79 Å². The van der Waals surface area contributed by atoms with E-state index in [1.807, 2.05) is 0 Å². The fraction of sp³-hybridized carbons (Fsp3) is 0.817. The normalized spacial score (nSPS) is 13.2. The lowest BCUT2D eigenvalue weighted by Gasteiger charge is -2.22. The van der Waals surface area contributed by atoms with Crippen LogP contribution in [0.1, 0.15) is 296 Å². The van der Waals surface area contributed by atoms with Gasteiger partial charge in [-0.15, -0.1) is 0 Å². The van der Waals surface area contributed by atoms with E-state index in [0.717, 1.165) is 57.8 Å². The summed E-state index contributed by atoms with van der Waals surface area (Å²) < 4.78 is 0. The topological polar surface area (TPSA) is 69.6 Å². The molecule has 0 rings (SSSR count). The molecule has 0 aliphatic heterocycles. The highest BCUT2D eigenvalue weighted by molar-refractivity contribution is 5.76. The lowest BCUT2D eigenvalue weighted by molar-refractivity contribution is -0.123. The number of carbonyl (C=O) groups is 1. The van der Waals surface area contributed by atoms with Crippen LogP contribution in [0.25, 0.3) is 0 Å². The van der Waals surface area contributed by atoms with Crippen LogP contribution in [0.15, 0.2) is 60.8 Å². The van der Waals surface area contributed by atoms with Gasteiger partial charge in [0, 0.05) is 6.42 Å². The summed E-state index contributed by atoms with van der Waals surface area (Å²) in [6, 6.07) is -0.544. The van der Waals surface area contributed by atoms with Crippen molar-refractivity contribution in [2.45, 2.75) is 309 Å². The molecule has 0 saturated heterocycles. The van der Waals surface area contributed by atoms with Crippen molar-refractivity contribution in [2.75, 3.05) is 6.61 Å². The third-order valence-electron chi connectivity index (χ3n) is 13.0. The molecule has 374 valence electrons. The van der Waals surface area contributed by atoms with Crippen molar-refractivity contribution < 1.29 is 15.0 Å². The number of rotatable bonds is 52. The first kappa shape index (κ1) is 62.1. The molecule has 0 bridgehead atoms. The molecule has 64 heavy (non-hydrogen) atoms. The summed E-state index contributed by atoms with van der Waals surface area (Å²) >= 11 is 0. The van der Waals surface area contributed by atoms with Crippen LogP contribution in [0.2, 0.25) is 0 Å². The highest BCUT2D eigenvalue weighted by Crippen LogP contribution is 2.18. The zero-order valence-electron chi connectivity index (χ0n) is 43.1. The number of amides is 1. The molecule has 0 aromatic rings. The number of carbonyl (C=O) groups excluding carboxylic acids is 1. The van der Waals surface area contributed by atoms with Crippen LogP contribution >= 0.6 is 0 Å². The molecule has 0 aromatic carbocycles. The Morgan fingerprint density at radius 3 is 1.03 bits per heavy atom. The summed E-state index contributed by atoms with van der Waals surface area (Å²) in [4.78, 5) is 12.5. The minimum absolute atomic E-state index is 0.0363. The Morgan fingerprint density at radius 2 is 0.688 bits per heavy atom. The van der Waals surface area contributed by atoms with Gasteiger partial charge in [0.2, 0.25) is 5.91 Å². The molecule has 0 aromatic heterocycles. The Bertz CT molecular complexity index is 1060. The van der Waals surface area contributed by atoms with E-state index < -0.39 is 12.1 Å². The van der Waals surface area contributed by atoms with Crippen molar-refractivity contribution in [1.29, 1.82) is 0 Å². The van der Waals surface area contributed by atoms with E-state index in [2.05, 4.69) is 79.9 Å². The second-order valence-electron chi connectivity index (χ2n) is 19.3. The Hall–Kier alpha value is -1.91. The van der Waals surface area contributed by atoms with Gasteiger partial charge >= 0.3 is 0 Å². The Labute approximate surface area is 400 Å². The van der Waals surface area contributed by atoms with Gasteiger partial charge < -0.3 is 15.5 Å². The molecular formula is C60H111NO3. The molecular weight excluding hydrogens is 783 g/mol. The molecule has 0 fully saturated rings. The summed E-state index contributed by atoms with van der Waals surface area (Å²) in [5, 5.41) is 23.4. The average molecular weight is 895 g/mol. The molecule has 0 aliphatic rings. The highest BCUT2D eigenvalue weighted by atomic mass is 16.3. The predicted molar refractivity (Wildman–Crippen MR) is 285 cm³/mol. The maximum Gasteiger partial charge on any atom is 0.220 e. The van der Waals surface area contributed by atoms with Crippen LogP contribution in [-0.4, -0.2) is 34.9 Å². The van der Waals surface area contributed by atoms with E-state index in [1.165, 1.54) is 212 Å². The summed E-state index contributed by atoms with van der Waals surface area (Å²) in [7, 11) is 0. The van der Waals surface area contributed by atoms with Gasteiger partial charge in [0.25, 0.3) is 0 Å². The summed E-state index contributed by atoms with van der Waals surface area (Å²) in [6.45, 7) is 4.27. The van der Waals surface area contributed by atoms with E-state index in [-0.39, 0.29) is 12.5 Å². The maximum atomic E-state index is 12.5. The monoisotopic (exact) mass is 894 g/mol. The Morgan fingerprint density at radius 1 is 0.391 bits per heavy atom. The number of unbranched alkanes of at least 4 members (excludes halogenated alkanes) is 35. The molecule has 0 spiro atoms. The van der Waals surface area contributed by atoms with Gasteiger partial charge in [0.15, 0.2) is 0 Å². The van der Waals surface area contributed by atoms with Crippen LogP contribution in [0.4, 0.5) is 0 Å². The number of aliphatic hydroxyl groups is 2. The van der Waals surface area contributed by atoms with Gasteiger partial charge in [-0.1, -0.05) is 293 Å². The lowest BCUT2D eigenvalue weighted by atomic mass is 10.0. The van der Waals surface area contributed by atoms with Crippen LogP contribution in [0.5, 0.6) is 0 Å². The van der Waals surface area contributed by atoms with Crippen LogP contribution in [-0.2, 0) is 4.79 Å². The third-order valence-corrected chi connectivity index (χ3v) is 13.0. The second kappa shape index (κ2) is 55.4. The molecule has 1 amide bonds. The molecule has 2 atom stereocenters. The van der Waals surface area contributed by atoms with E-state index >= 15 is 0 Å². The number of hydrogen-bond acceptors (Lipinski definition) is 3. The van der Waals surface area contributed by atoms with Crippen molar-refractivity contribution in [2.24, 2.45) is 0 Å². The number of allylic oxidation sites excluding steroid dienone is 10. The summed E-state index contributed by atoms with van der Waals surface area (Å²) in [6.07, 6.45) is 77.8. The van der Waals surface area contributed by atoms with Crippen molar-refractivity contribution in [3.05, 3.63) is 60.8 Å². The largest absolute Gasteiger partial charge is 0.394 e. The fourth-order valence-corrected chi connectivity index (χ4v) is 8.74. The number of aliphatic hydroxyl groups excluding tert-OH is 2. The van der Waals surface area contributed by atoms with Crippen molar-refractivity contribution in [3.63, 3.8) is 0 Å². The molecule has 4 heteroatoms.